The zero-order valence-corrected chi connectivity index (χ0v) is 65.5. The molecule has 0 rings (SSSR count). The third kappa shape index (κ3) is 70.9. The van der Waals surface area contributed by atoms with E-state index in [-0.39, 0.29) is 25.7 Å². The molecule has 0 saturated heterocycles. The molecule has 576 valence electrons. The maximum atomic E-state index is 13.1. The number of unbranched alkanes of at least 4 members (excludes halogenated alkanes) is 40. The molecule has 0 aromatic carbocycles. The second kappa shape index (κ2) is 67.2. The number of carbonyl (C=O) groups is 4. The van der Waals surface area contributed by atoms with Crippen molar-refractivity contribution in [1.82, 2.24) is 0 Å². The molecule has 0 aromatic heterocycles. The monoisotopic (exact) mass is 1420 g/mol. The first kappa shape index (κ1) is 95.1. The molecule has 0 aliphatic heterocycles. The highest BCUT2D eigenvalue weighted by molar-refractivity contribution is 7.47. The molecule has 19 heteroatoms. The molecule has 0 amide bonds. The lowest BCUT2D eigenvalue weighted by atomic mass is 9.99. The Morgan fingerprint density at radius 2 is 0.495 bits per heavy atom. The van der Waals surface area contributed by atoms with Gasteiger partial charge in [-0.05, 0) is 49.4 Å². The summed E-state index contributed by atoms with van der Waals surface area (Å²) in [5.74, 6) is 0.892. The normalized spacial score (nSPS) is 14.4. The van der Waals surface area contributed by atoms with Crippen LogP contribution in [0, 0.1) is 23.7 Å². The Morgan fingerprint density at radius 3 is 0.732 bits per heavy atom. The highest BCUT2D eigenvalue weighted by Crippen LogP contribution is 2.45. The summed E-state index contributed by atoms with van der Waals surface area (Å²) in [5, 5.41) is 10.6. The summed E-state index contributed by atoms with van der Waals surface area (Å²) in [4.78, 5) is 72.7. The van der Waals surface area contributed by atoms with Crippen molar-refractivity contribution in [3.8, 4) is 0 Å². The smallest absolute Gasteiger partial charge is 0.462 e. The number of esters is 4. The number of phosphoric acid groups is 2. The van der Waals surface area contributed by atoms with E-state index < -0.39 is 97.5 Å². The second-order valence-electron chi connectivity index (χ2n) is 29.8. The van der Waals surface area contributed by atoms with Gasteiger partial charge in [0.15, 0.2) is 12.2 Å². The molecule has 0 saturated carbocycles. The summed E-state index contributed by atoms with van der Waals surface area (Å²) < 4.78 is 68.5. The minimum atomic E-state index is -4.96. The van der Waals surface area contributed by atoms with E-state index in [0.717, 1.165) is 108 Å². The third-order valence-corrected chi connectivity index (χ3v) is 20.3. The van der Waals surface area contributed by atoms with E-state index in [0.29, 0.717) is 37.5 Å². The summed E-state index contributed by atoms with van der Waals surface area (Å²) in [6.45, 7) is 14.1. The summed E-state index contributed by atoms with van der Waals surface area (Å²) in [5.41, 5.74) is 0. The van der Waals surface area contributed by atoms with Gasteiger partial charge in [-0.3, -0.25) is 37.3 Å². The first-order valence-electron chi connectivity index (χ1n) is 40.2. The van der Waals surface area contributed by atoms with Crippen molar-refractivity contribution in [2.24, 2.45) is 23.7 Å². The van der Waals surface area contributed by atoms with Crippen molar-refractivity contribution < 1.29 is 80.2 Å². The van der Waals surface area contributed by atoms with Crippen LogP contribution in [0.3, 0.4) is 0 Å². The van der Waals surface area contributed by atoms with Crippen molar-refractivity contribution in [3.05, 3.63) is 0 Å². The summed E-state index contributed by atoms with van der Waals surface area (Å²) >= 11 is 0. The van der Waals surface area contributed by atoms with Crippen molar-refractivity contribution >= 4 is 39.5 Å². The van der Waals surface area contributed by atoms with Gasteiger partial charge in [-0.2, -0.15) is 0 Å². The molecule has 3 N–H and O–H groups in total. The fourth-order valence-corrected chi connectivity index (χ4v) is 13.5. The van der Waals surface area contributed by atoms with Gasteiger partial charge in [0.25, 0.3) is 0 Å². The number of aliphatic hydroxyl groups is 1. The van der Waals surface area contributed by atoms with Crippen LogP contribution in [0.2, 0.25) is 0 Å². The minimum Gasteiger partial charge on any atom is -0.462 e. The molecule has 0 aromatic rings. The van der Waals surface area contributed by atoms with E-state index in [1.165, 1.54) is 193 Å². The van der Waals surface area contributed by atoms with Gasteiger partial charge in [-0.1, -0.05) is 344 Å². The van der Waals surface area contributed by atoms with Gasteiger partial charge >= 0.3 is 39.5 Å². The molecular weight excluding hydrogens is 1270 g/mol. The average molecular weight is 1420 g/mol. The second-order valence-corrected chi connectivity index (χ2v) is 32.7. The van der Waals surface area contributed by atoms with Gasteiger partial charge < -0.3 is 33.8 Å². The number of phosphoric ester groups is 2. The van der Waals surface area contributed by atoms with Gasteiger partial charge in [0, 0.05) is 25.7 Å². The number of aliphatic hydroxyl groups excluding tert-OH is 1. The molecule has 0 aliphatic carbocycles. The maximum absolute atomic E-state index is 13.1. The lowest BCUT2D eigenvalue weighted by Crippen LogP contribution is -2.30. The molecule has 0 radical (unpaired) electrons. The number of carbonyl (C=O) groups excluding carboxylic acids is 4. The highest BCUT2D eigenvalue weighted by Gasteiger charge is 2.30. The fourth-order valence-electron chi connectivity index (χ4n) is 11.9. The molecule has 0 heterocycles. The lowest BCUT2D eigenvalue weighted by Gasteiger charge is -2.21. The summed E-state index contributed by atoms with van der Waals surface area (Å²) in [7, 11) is -9.91. The van der Waals surface area contributed by atoms with Gasteiger partial charge in [0.2, 0.25) is 0 Å². The molecule has 97 heavy (non-hydrogen) atoms. The minimum absolute atomic E-state index is 0.102. The van der Waals surface area contributed by atoms with Crippen molar-refractivity contribution in [2.75, 3.05) is 39.6 Å². The predicted octanol–water partition coefficient (Wildman–Crippen LogP) is 22.8. The first-order valence-corrected chi connectivity index (χ1v) is 43.2. The zero-order valence-electron chi connectivity index (χ0n) is 63.7. The van der Waals surface area contributed by atoms with Crippen LogP contribution < -0.4 is 0 Å². The maximum Gasteiger partial charge on any atom is 0.472 e. The SMILES string of the molecule is CCC(C)CCCCCCCCCCCCCCCCC(=O)O[C@H](COC(=O)CCCCCCCCC(C)C)COP(=O)(O)OC[C@H](O)COP(=O)(O)OC[C@@H](COC(=O)CCCCCCCCCCCCCCCCCCCCC(C)C)OC(=O)CCCCCCCCC(C)C. The Hall–Kier alpha value is -1.94. The van der Waals surface area contributed by atoms with Crippen LogP contribution in [-0.4, -0.2) is 96.7 Å². The standard InChI is InChI=1S/C78H152O17P2/c1-9-71(8)57-49-41-31-27-23-19-16-17-21-25-29-33-44-52-60-77(82)94-73(65-89-76(81)59-51-43-36-34-39-47-55-69(4)5)66-92-96(84,85)90-62-72(79)63-91-97(86,87)93-67-74(95-78(83)61-53-45-37-35-40-48-56-70(6)7)64-88-75(80)58-50-42-32-28-24-20-15-13-11-10-12-14-18-22-26-30-38-46-54-68(2)3/h68-74,79H,9-67H2,1-8H3,(H,84,85)(H,86,87)/t71?,72-,73+,74+/m0/s1. The lowest BCUT2D eigenvalue weighted by molar-refractivity contribution is -0.161. The molecule has 0 spiro atoms. The number of hydrogen-bond donors (Lipinski definition) is 3. The number of ether oxygens (including phenoxy) is 4. The Balaban J connectivity index is 5.10. The average Bonchev–Trinajstić information content (AvgIpc) is 2.31. The van der Waals surface area contributed by atoms with Crippen molar-refractivity contribution in [3.63, 3.8) is 0 Å². The summed E-state index contributed by atoms with van der Waals surface area (Å²) in [6, 6.07) is 0. The van der Waals surface area contributed by atoms with Crippen LogP contribution >= 0.6 is 15.6 Å². The summed E-state index contributed by atoms with van der Waals surface area (Å²) in [6.07, 6.45) is 53.2. The van der Waals surface area contributed by atoms with E-state index in [4.69, 9.17) is 37.0 Å². The number of hydrogen-bond acceptors (Lipinski definition) is 15. The van der Waals surface area contributed by atoms with Gasteiger partial charge in [0.05, 0.1) is 26.4 Å². The topological polar surface area (TPSA) is 237 Å². The molecule has 3 unspecified atom stereocenters. The van der Waals surface area contributed by atoms with Crippen molar-refractivity contribution in [2.45, 2.75) is 414 Å². The third-order valence-electron chi connectivity index (χ3n) is 18.4. The van der Waals surface area contributed by atoms with Crippen LogP contribution in [0.1, 0.15) is 396 Å². The quantitative estimate of drug-likeness (QED) is 0.0222. The Labute approximate surface area is 594 Å². The molecule has 0 bridgehead atoms. The first-order chi connectivity index (χ1) is 46.6. The van der Waals surface area contributed by atoms with E-state index in [1.807, 2.05) is 0 Å². The molecular formula is C78H152O17P2. The van der Waals surface area contributed by atoms with Crippen LogP contribution in [-0.2, 0) is 65.4 Å². The molecule has 6 atom stereocenters. The van der Waals surface area contributed by atoms with Gasteiger partial charge in [0.1, 0.15) is 19.3 Å². The largest absolute Gasteiger partial charge is 0.472 e. The van der Waals surface area contributed by atoms with Crippen LogP contribution in [0.15, 0.2) is 0 Å². The van der Waals surface area contributed by atoms with E-state index >= 15 is 0 Å². The van der Waals surface area contributed by atoms with E-state index in [9.17, 15) is 43.2 Å². The van der Waals surface area contributed by atoms with Gasteiger partial charge in [-0.15, -0.1) is 0 Å². The Morgan fingerprint density at radius 1 is 0.289 bits per heavy atom. The zero-order chi connectivity index (χ0) is 71.7. The molecule has 0 aliphatic rings. The number of rotatable bonds is 75. The van der Waals surface area contributed by atoms with Crippen LogP contribution in [0.5, 0.6) is 0 Å². The van der Waals surface area contributed by atoms with Crippen LogP contribution in [0.25, 0.3) is 0 Å². The predicted molar refractivity (Wildman–Crippen MR) is 395 cm³/mol. The Kier molecular flexibility index (Phi) is 65.9. The molecule has 0 fully saturated rings. The van der Waals surface area contributed by atoms with E-state index in [1.54, 1.807) is 0 Å². The Bertz CT molecular complexity index is 1900. The highest BCUT2D eigenvalue weighted by atomic mass is 31.2. The van der Waals surface area contributed by atoms with Crippen molar-refractivity contribution in [1.29, 1.82) is 0 Å². The van der Waals surface area contributed by atoms with Gasteiger partial charge in [-0.25, -0.2) is 9.13 Å². The van der Waals surface area contributed by atoms with E-state index in [2.05, 4.69) is 55.4 Å². The molecule has 17 nitrogen and oxygen atoms in total. The van der Waals surface area contributed by atoms with Crippen LogP contribution in [0.4, 0.5) is 0 Å². The fraction of sp³-hybridized carbons (Fsp3) is 0.949.